The van der Waals surface area contributed by atoms with E-state index in [9.17, 15) is 18.0 Å². The SMILES string of the molecule is COCCC(=O)Nc1cc(C(F)(F)F)ccc1Br. The van der Waals surface area contributed by atoms with Crippen molar-refractivity contribution < 1.29 is 22.7 Å². The molecular weight excluding hydrogens is 315 g/mol. The first kappa shape index (κ1) is 15.0. The summed E-state index contributed by atoms with van der Waals surface area (Å²) in [4.78, 5) is 11.4. The molecule has 0 saturated heterocycles. The summed E-state index contributed by atoms with van der Waals surface area (Å²) in [6, 6.07) is 3.07. The fraction of sp³-hybridized carbons (Fsp3) is 0.364. The molecule has 100 valence electrons. The highest BCUT2D eigenvalue weighted by Crippen LogP contribution is 2.33. The minimum absolute atomic E-state index is 0.0825. The largest absolute Gasteiger partial charge is 0.416 e. The van der Waals surface area contributed by atoms with E-state index in [-0.39, 0.29) is 18.7 Å². The molecule has 0 aromatic heterocycles. The van der Waals surface area contributed by atoms with Gasteiger partial charge in [-0.15, -0.1) is 0 Å². The Morgan fingerprint density at radius 1 is 1.44 bits per heavy atom. The zero-order valence-electron chi connectivity index (χ0n) is 9.47. The van der Waals surface area contributed by atoms with Crippen LogP contribution in [0.15, 0.2) is 22.7 Å². The standard InChI is InChI=1S/C11H11BrF3NO2/c1-18-5-4-10(17)16-9-6-7(11(13,14)15)2-3-8(9)12/h2-3,6H,4-5H2,1H3,(H,16,17). The number of methoxy groups -OCH3 is 1. The summed E-state index contributed by atoms with van der Waals surface area (Å²) in [6.45, 7) is 0.211. The van der Waals surface area contributed by atoms with Gasteiger partial charge in [-0.1, -0.05) is 0 Å². The van der Waals surface area contributed by atoms with Gasteiger partial charge in [0.2, 0.25) is 5.91 Å². The first-order chi connectivity index (χ1) is 8.34. The lowest BCUT2D eigenvalue weighted by Gasteiger charge is -2.11. The smallest absolute Gasteiger partial charge is 0.384 e. The number of hydrogen-bond acceptors (Lipinski definition) is 2. The van der Waals surface area contributed by atoms with E-state index in [4.69, 9.17) is 4.74 Å². The Morgan fingerprint density at radius 2 is 2.11 bits per heavy atom. The molecule has 1 aromatic rings. The van der Waals surface area contributed by atoms with E-state index in [0.29, 0.717) is 4.47 Å². The number of benzene rings is 1. The molecule has 18 heavy (non-hydrogen) atoms. The van der Waals surface area contributed by atoms with Gasteiger partial charge in [0.25, 0.3) is 0 Å². The number of rotatable bonds is 4. The van der Waals surface area contributed by atoms with Crippen LogP contribution in [-0.2, 0) is 15.7 Å². The van der Waals surface area contributed by atoms with E-state index in [1.54, 1.807) is 0 Å². The number of hydrogen-bond donors (Lipinski definition) is 1. The van der Waals surface area contributed by atoms with Crippen LogP contribution >= 0.6 is 15.9 Å². The molecule has 1 N–H and O–H groups in total. The van der Waals surface area contributed by atoms with Gasteiger partial charge < -0.3 is 10.1 Å². The minimum atomic E-state index is -4.44. The second-order valence-corrected chi connectivity index (χ2v) is 4.34. The molecule has 1 amide bonds. The number of amides is 1. The average molecular weight is 326 g/mol. The summed E-state index contributed by atoms with van der Waals surface area (Å²) in [5, 5.41) is 2.39. The molecule has 0 unspecified atom stereocenters. The van der Waals surface area contributed by atoms with Crippen molar-refractivity contribution in [2.75, 3.05) is 19.0 Å². The van der Waals surface area contributed by atoms with Crippen LogP contribution in [-0.4, -0.2) is 19.6 Å². The quantitative estimate of drug-likeness (QED) is 0.920. The molecule has 1 rings (SSSR count). The fourth-order valence-corrected chi connectivity index (χ4v) is 1.55. The van der Waals surface area contributed by atoms with Crippen molar-refractivity contribution in [3.8, 4) is 0 Å². The molecule has 0 spiro atoms. The fourth-order valence-electron chi connectivity index (χ4n) is 1.20. The van der Waals surface area contributed by atoms with Crippen molar-refractivity contribution in [1.82, 2.24) is 0 Å². The summed E-state index contributed by atoms with van der Waals surface area (Å²) >= 11 is 3.08. The summed E-state index contributed by atoms with van der Waals surface area (Å²) in [6.07, 6.45) is -4.36. The monoisotopic (exact) mass is 325 g/mol. The number of nitrogens with one attached hydrogen (secondary N) is 1. The molecule has 0 heterocycles. The van der Waals surface area contributed by atoms with Crippen LogP contribution in [0.3, 0.4) is 0 Å². The van der Waals surface area contributed by atoms with E-state index in [0.717, 1.165) is 12.1 Å². The first-order valence-corrected chi connectivity index (χ1v) is 5.79. The highest BCUT2D eigenvalue weighted by molar-refractivity contribution is 9.10. The van der Waals surface area contributed by atoms with Crippen molar-refractivity contribution in [1.29, 1.82) is 0 Å². The molecule has 0 aliphatic rings. The number of anilines is 1. The lowest BCUT2D eigenvalue weighted by atomic mass is 10.2. The molecule has 0 bridgehead atoms. The molecule has 0 atom stereocenters. The third-order valence-electron chi connectivity index (χ3n) is 2.10. The Balaban J connectivity index is 2.85. The molecule has 1 aromatic carbocycles. The Labute approximate surface area is 110 Å². The van der Waals surface area contributed by atoms with Gasteiger partial charge in [0.05, 0.1) is 24.3 Å². The zero-order chi connectivity index (χ0) is 13.8. The summed E-state index contributed by atoms with van der Waals surface area (Å²) in [5.41, 5.74) is -0.723. The van der Waals surface area contributed by atoms with Gasteiger partial charge in [-0.25, -0.2) is 0 Å². The van der Waals surface area contributed by atoms with E-state index in [2.05, 4.69) is 21.2 Å². The minimum Gasteiger partial charge on any atom is -0.384 e. The molecule has 0 aliphatic carbocycles. The van der Waals surface area contributed by atoms with Crippen molar-refractivity contribution in [3.05, 3.63) is 28.2 Å². The van der Waals surface area contributed by atoms with E-state index >= 15 is 0 Å². The van der Waals surface area contributed by atoms with Crippen LogP contribution in [0.1, 0.15) is 12.0 Å². The molecule has 0 saturated carbocycles. The second-order valence-electron chi connectivity index (χ2n) is 3.48. The molecule has 3 nitrogen and oxygen atoms in total. The third-order valence-corrected chi connectivity index (χ3v) is 2.79. The Bertz CT molecular complexity index is 435. The number of carbonyl (C=O) groups is 1. The van der Waals surface area contributed by atoms with E-state index in [1.807, 2.05) is 0 Å². The summed E-state index contributed by atoms with van der Waals surface area (Å²) in [7, 11) is 1.44. The highest BCUT2D eigenvalue weighted by Gasteiger charge is 2.31. The van der Waals surface area contributed by atoms with Crippen LogP contribution in [0.2, 0.25) is 0 Å². The van der Waals surface area contributed by atoms with Crippen LogP contribution < -0.4 is 5.32 Å². The van der Waals surface area contributed by atoms with Gasteiger partial charge >= 0.3 is 6.18 Å². The van der Waals surface area contributed by atoms with Gasteiger partial charge in [-0.2, -0.15) is 13.2 Å². The number of carbonyl (C=O) groups excluding carboxylic acids is 1. The van der Waals surface area contributed by atoms with Crippen LogP contribution in [0.5, 0.6) is 0 Å². The zero-order valence-corrected chi connectivity index (χ0v) is 11.1. The summed E-state index contributed by atoms with van der Waals surface area (Å²) < 4.78 is 42.6. The van der Waals surface area contributed by atoms with Crippen molar-refractivity contribution >= 4 is 27.5 Å². The molecule has 7 heteroatoms. The van der Waals surface area contributed by atoms with Crippen LogP contribution in [0.4, 0.5) is 18.9 Å². The maximum absolute atomic E-state index is 12.5. The lowest BCUT2D eigenvalue weighted by molar-refractivity contribution is -0.137. The van der Waals surface area contributed by atoms with Crippen molar-refractivity contribution in [3.63, 3.8) is 0 Å². The Morgan fingerprint density at radius 3 is 2.67 bits per heavy atom. The number of ether oxygens (including phenoxy) is 1. The van der Waals surface area contributed by atoms with Crippen molar-refractivity contribution in [2.45, 2.75) is 12.6 Å². The number of alkyl halides is 3. The molecule has 0 fully saturated rings. The lowest BCUT2D eigenvalue weighted by Crippen LogP contribution is -2.15. The van der Waals surface area contributed by atoms with Crippen LogP contribution in [0, 0.1) is 0 Å². The molecule has 0 radical (unpaired) electrons. The Hall–Kier alpha value is -1.08. The predicted molar refractivity (Wildman–Crippen MR) is 64.3 cm³/mol. The first-order valence-electron chi connectivity index (χ1n) is 5.00. The van der Waals surface area contributed by atoms with Crippen molar-refractivity contribution in [2.24, 2.45) is 0 Å². The summed E-state index contributed by atoms with van der Waals surface area (Å²) in [5.74, 6) is -0.406. The Kier molecular flexibility index (Phi) is 5.15. The molecular formula is C11H11BrF3NO2. The van der Waals surface area contributed by atoms with E-state index < -0.39 is 17.6 Å². The van der Waals surface area contributed by atoms with Gasteiger partial charge in [0, 0.05) is 11.6 Å². The van der Waals surface area contributed by atoms with Gasteiger partial charge in [0.15, 0.2) is 0 Å². The van der Waals surface area contributed by atoms with Gasteiger partial charge in [-0.05, 0) is 34.1 Å². The van der Waals surface area contributed by atoms with Gasteiger partial charge in [0.1, 0.15) is 0 Å². The van der Waals surface area contributed by atoms with Gasteiger partial charge in [-0.3, -0.25) is 4.79 Å². The highest BCUT2D eigenvalue weighted by atomic mass is 79.9. The predicted octanol–water partition coefficient (Wildman–Crippen LogP) is 3.44. The van der Waals surface area contributed by atoms with E-state index in [1.165, 1.54) is 13.2 Å². The normalized spacial score (nSPS) is 11.4. The third kappa shape index (κ3) is 4.30. The molecule has 0 aliphatic heterocycles. The number of halogens is 4. The maximum atomic E-state index is 12.5. The van der Waals surface area contributed by atoms with Crippen LogP contribution in [0.25, 0.3) is 0 Å². The average Bonchev–Trinajstić information content (AvgIpc) is 2.28. The second kappa shape index (κ2) is 6.19. The maximum Gasteiger partial charge on any atom is 0.416 e. The topological polar surface area (TPSA) is 38.3 Å².